The van der Waals surface area contributed by atoms with Crippen LogP contribution in [0, 0.1) is 0 Å². The summed E-state index contributed by atoms with van der Waals surface area (Å²) in [7, 11) is 4.69. The molecule has 0 aliphatic carbocycles. The molecule has 0 atom stereocenters. The highest BCUT2D eigenvalue weighted by molar-refractivity contribution is 7.80. The lowest BCUT2D eigenvalue weighted by Gasteiger charge is -2.12. The molecule has 110 valence electrons. The molecule has 6 nitrogen and oxygen atoms in total. The van der Waals surface area contributed by atoms with E-state index in [2.05, 4.69) is 15.8 Å². The Morgan fingerprint density at radius 2 is 1.80 bits per heavy atom. The number of nitrogens with zero attached hydrogens (tertiary/aromatic N) is 1. The van der Waals surface area contributed by atoms with Crippen LogP contribution in [-0.4, -0.2) is 39.2 Å². The molecular formula is C13H19N3O3S. The van der Waals surface area contributed by atoms with E-state index in [1.165, 1.54) is 0 Å². The average Bonchev–Trinajstić information content (AvgIpc) is 2.46. The third kappa shape index (κ3) is 4.27. The van der Waals surface area contributed by atoms with Gasteiger partial charge in [0.2, 0.25) is 5.75 Å². The Morgan fingerprint density at radius 3 is 2.25 bits per heavy atom. The van der Waals surface area contributed by atoms with E-state index in [0.717, 1.165) is 12.1 Å². The van der Waals surface area contributed by atoms with Crippen molar-refractivity contribution in [2.45, 2.75) is 6.92 Å². The quantitative estimate of drug-likeness (QED) is 0.472. The van der Waals surface area contributed by atoms with Gasteiger partial charge in [-0.1, -0.05) is 0 Å². The Labute approximate surface area is 124 Å². The lowest BCUT2D eigenvalue weighted by Crippen LogP contribution is -2.31. The summed E-state index contributed by atoms with van der Waals surface area (Å²) in [6.07, 6.45) is 1.62. The van der Waals surface area contributed by atoms with Crippen molar-refractivity contribution >= 4 is 23.5 Å². The van der Waals surface area contributed by atoms with E-state index in [9.17, 15) is 0 Å². The Morgan fingerprint density at radius 1 is 1.20 bits per heavy atom. The van der Waals surface area contributed by atoms with Crippen LogP contribution in [0.4, 0.5) is 0 Å². The summed E-state index contributed by atoms with van der Waals surface area (Å²) in [6.45, 7) is 2.70. The second kappa shape index (κ2) is 8.21. The highest BCUT2D eigenvalue weighted by atomic mass is 32.1. The van der Waals surface area contributed by atoms with Crippen LogP contribution in [0.1, 0.15) is 12.5 Å². The van der Waals surface area contributed by atoms with Gasteiger partial charge in [-0.15, -0.1) is 0 Å². The first-order chi connectivity index (χ1) is 9.65. The van der Waals surface area contributed by atoms with Crippen molar-refractivity contribution < 1.29 is 14.2 Å². The summed E-state index contributed by atoms with van der Waals surface area (Å²) >= 11 is 5.00. The minimum atomic E-state index is 0.469. The lowest BCUT2D eigenvalue weighted by atomic mass is 10.2. The second-order valence-corrected chi connectivity index (χ2v) is 4.10. The molecule has 0 aromatic heterocycles. The van der Waals surface area contributed by atoms with Crippen molar-refractivity contribution in [1.82, 2.24) is 10.7 Å². The van der Waals surface area contributed by atoms with Crippen LogP contribution in [0.5, 0.6) is 17.2 Å². The van der Waals surface area contributed by atoms with Gasteiger partial charge in [-0.3, -0.25) is 5.43 Å². The molecule has 0 spiro atoms. The number of hydrogen-bond acceptors (Lipinski definition) is 5. The smallest absolute Gasteiger partial charge is 0.203 e. The van der Waals surface area contributed by atoms with E-state index in [1.807, 2.05) is 6.92 Å². The fraction of sp³-hybridized carbons (Fsp3) is 0.385. The molecule has 0 aliphatic heterocycles. The van der Waals surface area contributed by atoms with Crippen molar-refractivity contribution in [3.8, 4) is 17.2 Å². The Kier molecular flexibility index (Phi) is 6.58. The maximum Gasteiger partial charge on any atom is 0.203 e. The van der Waals surface area contributed by atoms with Gasteiger partial charge >= 0.3 is 0 Å². The highest BCUT2D eigenvalue weighted by Gasteiger charge is 2.12. The lowest BCUT2D eigenvalue weighted by molar-refractivity contribution is 0.324. The van der Waals surface area contributed by atoms with Crippen molar-refractivity contribution in [2.24, 2.45) is 5.10 Å². The topological polar surface area (TPSA) is 64.1 Å². The van der Waals surface area contributed by atoms with E-state index in [1.54, 1.807) is 39.7 Å². The van der Waals surface area contributed by atoms with Crippen LogP contribution < -0.4 is 25.0 Å². The number of hydrogen-bond donors (Lipinski definition) is 2. The summed E-state index contributed by atoms with van der Waals surface area (Å²) in [6, 6.07) is 3.59. The van der Waals surface area contributed by atoms with E-state index < -0.39 is 0 Å². The number of ether oxygens (including phenoxy) is 3. The second-order valence-electron chi connectivity index (χ2n) is 3.69. The maximum atomic E-state index is 5.26. The summed E-state index contributed by atoms with van der Waals surface area (Å²) in [4.78, 5) is 0. The molecule has 0 amide bonds. The first kappa shape index (κ1) is 16.0. The van der Waals surface area contributed by atoms with Crippen LogP contribution in [0.2, 0.25) is 0 Å². The molecule has 7 heteroatoms. The highest BCUT2D eigenvalue weighted by Crippen LogP contribution is 2.37. The molecule has 1 aromatic carbocycles. The molecule has 20 heavy (non-hydrogen) atoms. The van der Waals surface area contributed by atoms with Gasteiger partial charge in [-0.25, -0.2) is 0 Å². The van der Waals surface area contributed by atoms with Gasteiger partial charge in [0.15, 0.2) is 16.6 Å². The summed E-state index contributed by atoms with van der Waals surface area (Å²) in [5.41, 5.74) is 3.51. The molecule has 0 saturated heterocycles. The van der Waals surface area contributed by atoms with Crippen LogP contribution in [0.25, 0.3) is 0 Å². The zero-order chi connectivity index (χ0) is 15.0. The minimum absolute atomic E-state index is 0.469. The number of rotatable bonds is 6. The van der Waals surface area contributed by atoms with Gasteiger partial charge in [-0.05, 0) is 31.3 Å². The molecule has 0 aliphatic rings. The fourth-order valence-electron chi connectivity index (χ4n) is 1.54. The van der Waals surface area contributed by atoms with Crippen LogP contribution in [0.15, 0.2) is 17.2 Å². The number of hydrazone groups is 1. The zero-order valence-corrected chi connectivity index (χ0v) is 12.8. The molecule has 1 aromatic rings. The Bertz CT molecular complexity index is 467. The first-order valence-electron chi connectivity index (χ1n) is 6.03. The van der Waals surface area contributed by atoms with Crippen molar-refractivity contribution in [2.75, 3.05) is 27.9 Å². The third-order valence-corrected chi connectivity index (χ3v) is 2.64. The first-order valence-corrected chi connectivity index (χ1v) is 6.44. The fourth-order valence-corrected chi connectivity index (χ4v) is 1.74. The van der Waals surface area contributed by atoms with Crippen LogP contribution in [0.3, 0.4) is 0 Å². The molecule has 1 rings (SSSR count). The van der Waals surface area contributed by atoms with Crippen LogP contribution >= 0.6 is 12.2 Å². The SMILES string of the molecule is CCNC(=S)NN=Cc1cc(OC)c(OC)c(OC)c1. The summed E-state index contributed by atoms with van der Waals surface area (Å²) in [5, 5.41) is 7.44. The van der Waals surface area contributed by atoms with Gasteiger partial charge in [0.25, 0.3) is 0 Å². The molecule has 0 radical (unpaired) electrons. The third-order valence-electron chi connectivity index (χ3n) is 2.40. The standard InChI is InChI=1S/C13H19N3O3S/c1-5-14-13(20)16-15-8-9-6-10(17-2)12(19-4)11(7-9)18-3/h6-8H,5H2,1-4H3,(H2,14,16,20). The largest absolute Gasteiger partial charge is 0.493 e. The molecule has 0 fully saturated rings. The van der Waals surface area contributed by atoms with E-state index in [0.29, 0.717) is 22.4 Å². The molecule has 0 saturated carbocycles. The van der Waals surface area contributed by atoms with E-state index in [-0.39, 0.29) is 0 Å². The maximum absolute atomic E-state index is 5.26. The number of nitrogens with one attached hydrogen (secondary N) is 2. The van der Waals surface area contributed by atoms with E-state index in [4.69, 9.17) is 26.4 Å². The van der Waals surface area contributed by atoms with Crippen LogP contribution in [-0.2, 0) is 0 Å². The number of thiocarbonyl (C=S) groups is 1. The molecular weight excluding hydrogens is 278 g/mol. The molecule has 0 unspecified atom stereocenters. The zero-order valence-electron chi connectivity index (χ0n) is 12.0. The minimum Gasteiger partial charge on any atom is -0.493 e. The average molecular weight is 297 g/mol. The van der Waals surface area contributed by atoms with Gasteiger partial charge in [0.05, 0.1) is 27.5 Å². The van der Waals surface area contributed by atoms with Gasteiger partial charge in [-0.2, -0.15) is 5.10 Å². The van der Waals surface area contributed by atoms with Crippen molar-refractivity contribution in [3.63, 3.8) is 0 Å². The number of benzene rings is 1. The van der Waals surface area contributed by atoms with E-state index >= 15 is 0 Å². The predicted octanol–water partition coefficient (Wildman–Crippen LogP) is 1.53. The van der Waals surface area contributed by atoms with Gasteiger partial charge < -0.3 is 19.5 Å². The monoisotopic (exact) mass is 297 g/mol. The Balaban J connectivity index is 2.90. The number of methoxy groups -OCH3 is 3. The summed E-state index contributed by atoms with van der Waals surface area (Å²) in [5.74, 6) is 1.69. The predicted molar refractivity (Wildman–Crippen MR) is 83.1 cm³/mol. The normalized spacial score (nSPS) is 10.2. The molecule has 0 heterocycles. The molecule has 2 N–H and O–H groups in total. The molecule has 0 bridgehead atoms. The van der Waals surface area contributed by atoms with Gasteiger partial charge in [0, 0.05) is 12.1 Å². The van der Waals surface area contributed by atoms with Gasteiger partial charge in [0.1, 0.15) is 0 Å². The van der Waals surface area contributed by atoms with Crippen molar-refractivity contribution in [3.05, 3.63) is 17.7 Å². The Hall–Kier alpha value is -2.02. The summed E-state index contributed by atoms with van der Waals surface area (Å²) < 4.78 is 15.8. The van der Waals surface area contributed by atoms with Crippen molar-refractivity contribution in [1.29, 1.82) is 0 Å².